The van der Waals surface area contributed by atoms with Gasteiger partial charge in [-0.1, -0.05) is 13.0 Å². The molecule has 7 heteroatoms. The molecule has 0 aliphatic heterocycles. The first-order chi connectivity index (χ1) is 13.4. The molecule has 2 aromatic carbocycles. The summed E-state index contributed by atoms with van der Waals surface area (Å²) in [7, 11) is 0. The summed E-state index contributed by atoms with van der Waals surface area (Å²) in [6.07, 6.45) is 2.58. The predicted octanol–water partition coefficient (Wildman–Crippen LogP) is 4.05. The Morgan fingerprint density at radius 3 is 2.64 bits per heavy atom. The average Bonchev–Trinajstić information content (AvgIpc) is 3.14. The van der Waals surface area contributed by atoms with Crippen LogP contribution in [0.25, 0.3) is 16.6 Å². The van der Waals surface area contributed by atoms with Gasteiger partial charge in [-0.15, -0.1) is 0 Å². The molecule has 0 saturated heterocycles. The molecule has 1 atom stereocenters. The van der Waals surface area contributed by atoms with E-state index in [9.17, 15) is 19.7 Å². The first-order valence-electron chi connectivity index (χ1n) is 8.98. The maximum Gasteiger partial charge on any atom is 0.338 e. The predicted molar refractivity (Wildman–Crippen MR) is 105 cm³/mol. The lowest BCUT2D eigenvalue weighted by Crippen LogP contribution is -2.25. The number of carbonyl (C=O) groups is 2. The van der Waals surface area contributed by atoms with Gasteiger partial charge in [-0.2, -0.15) is 0 Å². The maximum absolute atomic E-state index is 12.2. The van der Waals surface area contributed by atoms with Crippen molar-refractivity contribution in [2.24, 2.45) is 0 Å². The summed E-state index contributed by atoms with van der Waals surface area (Å²) >= 11 is 0. The van der Waals surface area contributed by atoms with Gasteiger partial charge in [0, 0.05) is 34.7 Å². The van der Waals surface area contributed by atoms with Crippen molar-refractivity contribution in [3.63, 3.8) is 0 Å². The van der Waals surface area contributed by atoms with E-state index >= 15 is 0 Å². The Bertz CT molecular complexity index is 1050. The Balaban J connectivity index is 1.94. The van der Waals surface area contributed by atoms with Gasteiger partial charge in [0.2, 0.25) is 5.78 Å². The lowest BCUT2D eigenvalue weighted by molar-refractivity contribution is -0.500. The van der Waals surface area contributed by atoms with E-state index in [1.807, 2.05) is 29.8 Å². The van der Waals surface area contributed by atoms with E-state index in [4.69, 9.17) is 4.74 Å². The van der Waals surface area contributed by atoms with Crippen molar-refractivity contribution in [3.05, 3.63) is 76.0 Å². The van der Waals surface area contributed by atoms with Gasteiger partial charge in [0.05, 0.1) is 17.7 Å². The molecule has 0 fully saturated rings. The highest BCUT2D eigenvalue weighted by Crippen LogP contribution is 2.23. The lowest BCUT2D eigenvalue weighted by atomic mass is 10.0. The number of hydrogen-bond donors (Lipinski definition) is 0. The summed E-state index contributed by atoms with van der Waals surface area (Å²) in [5.41, 5.74) is 2.36. The number of nitro groups is 1. The zero-order valence-electron chi connectivity index (χ0n) is 15.6. The Labute approximate surface area is 161 Å². The second kappa shape index (κ2) is 8.04. The summed E-state index contributed by atoms with van der Waals surface area (Å²) in [6.45, 7) is 3.58. The van der Waals surface area contributed by atoms with Crippen LogP contribution in [-0.2, 0) is 4.74 Å². The van der Waals surface area contributed by atoms with Crippen LogP contribution in [0.3, 0.4) is 0 Å². The monoisotopic (exact) mass is 380 g/mol. The zero-order valence-corrected chi connectivity index (χ0v) is 15.6. The third-order valence-corrected chi connectivity index (χ3v) is 4.47. The van der Waals surface area contributed by atoms with Crippen LogP contribution in [0.15, 0.2) is 54.7 Å². The maximum atomic E-state index is 12.2. The van der Waals surface area contributed by atoms with Crippen molar-refractivity contribution in [1.29, 1.82) is 0 Å². The summed E-state index contributed by atoms with van der Waals surface area (Å²) in [6, 6.07) is 12.6. The molecule has 0 amide bonds. The standard InChI is InChI=1S/C21H20N2O5/c1-3-11-28-21(25)17-5-4-6-18(13-17)22-10-9-15-12-16(7-8-19(15)22)20(24)14(2)23(26)27/h4-10,12-14H,3,11H2,1-2H3. The van der Waals surface area contributed by atoms with Gasteiger partial charge in [-0.05, 0) is 48.9 Å². The smallest absolute Gasteiger partial charge is 0.338 e. The largest absolute Gasteiger partial charge is 0.462 e. The molecule has 1 aromatic heterocycles. The molecule has 0 aliphatic rings. The number of ether oxygens (including phenoxy) is 1. The number of hydrogen-bond acceptors (Lipinski definition) is 5. The molecule has 1 unspecified atom stereocenters. The Morgan fingerprint density at radius 1 is 1.14 bits per heavy atom. The van der Waals surface area contributed by atoms with E-state index in [0.29, 0.717) is 17.7 Å². The molecule has 3 rings (SSSR count). The van der Waals surface area contributed by atoms with Crippen LogP contribution in [0, 0.1) is 10.1 Å². The van der Waals surface area contributed by atoms with Crippen molar-refractivity contribution in [2.75, 3.05) is 6.61 Å². The van der Waals surface area contributed by atoms with Crippen LogP contribution in [0.4, 0.5) is 0 Å². The molecule has 0 saturated carbocycles. The van der Waals surface area contributed by atoms with Gasteiger partial charge in [0.25, 0.3) is 6.04 Å². The molecule has 144 valence electrons. The zero-order chi connectivity index (χ0) is 20.3. The van der Waals surface area contributed by atoms with Gasteiger partial charge >= 0.3 is 5.97 Å². The highest BCUT2D eigenvalue weighted by molar-refractivity contribution is 6.02. The number of aromatic nitrogens is 1. The number of fused-ring (bicyclic) bond motifs is 1. The molecule has 0 bridgehead atoms. The molecular weight excluding hydrogens is 360 g/mol. The minimum Gasteiger partial charge on any atom is -0.462 e. The molecule has 28 heavy (non-hydrogen) atoms. The molecule has 0 aliphatic carbocycles. The number of carbonyl (C=O) groups excluding carboxylic acids is 2. The third kappa shape index (κ3) is 3.78. The van der Waals surface area contributed by atoms with Crippen LogP contribution < -0.4 is 0 Å². The first kappa shape index (κ1) is 19.3. The first-order valence-corrected chi connectivity index (χ1v) is 8.98. The number of benzene rings is 2. The molecule has 0 radical (unpaired) electrons. The normalized spacial score (nSPS) is 11.9. The van der Waals surface area contributed by atoms with Crippen LogP contribution in [-0.4, -0.2) is 33.9 Å². The summed E-state index contributed by atoms with van der Waals surface area (Å²) in [5, 5.41) is 11.6. The van der Waals surface area contributed by atoms with Gasteiger partial charge in [-0.25, -0.2) is 4.79 Å². The molecule has 3 aromatic rings. The highest BCUT2D eigenvalue weighted by Gasteiger charge is 2.25. The second-order valence-corrected chi connectivity index (χ2v) is 6.47. The average molecular weight is 380 g/mol. The van der Waals surface area contributed by atoms with E-state index in [1.54, 1.807) is 36.4 Å². The fourth-order valence-corrected chi connectivity index (χ4v) is 2.92. The Kier molecular flexibility index (Phi) is 5.54. The number of Topliss-reactive ketones (excluding diaryl/α,β-unsaturated/α-hetero) is 1. The fraction of sp³-hybridized carbons (Fsp3) is 0.238. The SMILES string of the molecule is CCCOC(=O)c1cccc(-n2ccc3cc(C(=O)C(C)[N+](=O)[O-])ccc32)c1. The van der Waals surface area contributed by atoms with Crippen molar-refractivity contribution in [1.82, 2.24) is 4.57 Å². The van der Waals surface area contributed by atoms with Gasteiger partial charge in [-0.3, -0.25) is 14.9 Å². The second-order valence-electron chi connectivity index (χ2n) is 6.47. The number of nitrogens with zero attached hydrogens (tertiary/aromatic N) is 2. The highest BCUT2D eigenvalue weighted by atomic mass is 16.6. The Hall–Kier alpha value is -3.48. The van der Waals surface area contributed by atoms with Crippen LogP contribution >= 0.6 is 0 Å². The van der Waals surface area contributed by atoms with E-state index in [1.165, 1.54) is 6.92 Å². The minimum absolute atomic E-state index is 0.298. The number of ketones is 1. The van der Waals surface area contributed by atoms with Crippen LogP contribution in [0.5, 0.6) is 0 Å². The summed E-state index contributed by atoms with van der Waals surface area (Å²) < 4.78 is 7.07. The van der Waals surface area contributed by atoms with Gasteiger partial charge in [0.15, 0.2) is 0 Å². The number of rotatable bonds is 7. The van der Waals surface area contributed by atoms with E-state index in [-0.39, 0.29) is 5.97 Å². The topological polar surface area (TPSA) is 91.4 Å². The molecule has 0 N–H and O–H groups in total. The molecule has 7 nitrogen and oxygen atoms in total. The third-order valence-electron chi connectivity index (χ3n) is 4.47. The molecule has 1 heterocycles. The van der Waals surface area contributed by atoms with Crippen molar-refractivity contribution in [2.45, 2.75) is 26.3 Å². The Morgan fingerprint density at radius 2 is 1.93 bits per heavy atom. The molecule has 0 spiro atoms. The van der Waals surface area contributed by atoms with E-state index < -0.39 is 16.7 Å². The number of esters is 1. The summed E-state index contributed by atoms with van der Waals surface area (Å²) in [5.74, 6) is -0.901. The quantitative estimate of drug-likeness (QED) is 0.267. The van der Waals surface area contributed by atoms with E-state index in [2.05, 4.69) is 0 Å². The minimum atomic E-state index is -1.29. The van der Waals surface area contributed by atoms with Crippen LogP contribution in [0.1, 0.15) is 41.0 Å². The van der Waals surface area contributed by atoms with Crippen molar-refractivity contribution < 1.29 is 19.2 Å². The summed E-state index contributed by atoms with van der Waals surface area (Å²) in [4.78, 5) is 34.6. The lowest BCUT2D eigenvalue weighted by Gasteiger charge is -2.09. The van der Waals surface area contributed by atoms with Gasteiger partial charge < -0.3 is 9.30 Å². The molecular formula is C21H20N2O5. The fourth-order valence-electron chi connectivity index (χ4n) is 2.92. The van der Waals surface area contributed by atoms with E-state index in [0.717, 1.165) is 23.0 Å². The van der Waals surface area contributed by atoms with Crippen molar-refractivity contribution in [3.8, 4) is 5.69 Å². The van der Waals surface area contributed by atoms with Crippen LogP contribution in [0.2, 0.25) is 0 Å². The van der Waals surface area contributed by atoms with Crippen molar-refractivity contribution >= 4 is 22.7 Å². The van der Waals surface area contributed by atoms with Gasteiger partial charge in [0.1, 0.15) is 0 Å².